The zero-order valence-electron chi connectivity index (χ0n) is 19.7. The molecule has 35 heavy (non-hydrogen) atoms. The highest BCUT2D eigenvalue weighted by Crippen LogP contribution is 2.67. The highest BCUT2D eigenvalue weighted by Gasteiger charge is 2.74. The minimum absolute atomic E-state index is 0.0966. The molecule has 3 aliphatic carbocycles. The van der Waals surface area contributed by atoms with Crippen molar-refractivity contribution in [1.29, 1.82) is 0 Å². The Labute approximate surface area is 203 Å². The number of piperidine rings is 1. The zero-order valence-corrected chi connectivity index (χ0v) is 19.7. The third kappa shape index (κ3) is 2.28. The van der Waals surface area contributed by atoms with E-state index in [-0.39, 0.29) is 24.1 Å². The van der Waals surface area contributed by atoms with Gasteiger partial charge < -0.3 is 29.9 Å². The van der Waals surface area contributed by atoms with Crippen LogP contribution in [0.15, 0.2) is 47.5 Å². The number of hydrogen-bond acceptors (Lipinski definition) is 7. The van der Waals surface area contributed by atoms with E-state index in [1.165, 1.54) is 12.8 Å². The molecule has 1 aromatic carbocycles. The first kappa shape index (κ1) is 20.2. The monoisotopic (exact) mass is 475 g/mol. The number of hydrogen-bond donors (Lipinski definition) is 3. The maximum absolute atomic E-state index is 13.5. The van der Waals surface area contributed by atoms with Crippen LogP contribution < -0.4 is 10.1 Å². The van der Waals surface area contributed by atoms with Gasteiger partial charge in [0.2, 0.25) is 0 Å². The van der Waals surface area contributed by atoms with Crippen molar-refractivity contribution < 1.29 is 24.5 Å². The van der Waals surface area contributed by atoms with E-state index < -0.39 is 23.3 Å². The Morgan fingerprint density at radius 3 is 2.97 bits per heavy atom. The van der Waals surface area contributed by atoms with E-state index in [9.17, 15) is 15.0 Å². The molecule has 1 aromatic rings. The number of rotatable bonds is 3. The van der Waals surface area contributed by atoms with Crippen molar-refractivity contribution >= 4 is 5.91 Å². The number of carbonyl (C=O) groups excluding carboxylic acids is 1. The first-order valence-electron chi connectivity index (χ1n) is 12.7. The number of carbonyl (C=O) groups is 1. The number of phenols is 1. The number of fused-ring (bicyclic) bond motifs is 3. The average molecular weight is 476 g/mol. The van der Waals surface area contributed by atoms with E-state index >= 15 is 0 Å². The van der Waals surface area contributed by atoms with Gasteiger partial charge in [-0.15, -0.1) is 0 Å². The molecule has 8 nitrogen and oxygen atoms in total. The molecular formula is C27H29N3O5. The molecule has 4 aliphatic heterocycles. The second-order valence-electron chi connectivity index (χ2n) is 11.2. The van der Waals surface area contributed by atoms with Gasteiger partial charge in [0.1, 0.15) is 5.76 Å². The molecule has 1 amide bonds. The van der Waals surface area contributed by atoms with Crippen LogP contribution >= 0.6 is 0 Å². The highest BCUT2D eigenvalue weighted by molar-refractivity contribution is 5.97. The molecule has 1 saturated heterocycles. The summed E-state index contributed by atoms with van der Waals surface area (Å²) < 4.78 is 12.2. The van der Waals surface area contributed by atoms with Gasteiger partial charge in [-0.25, -0.2) is 0 Å². The Bertz CT molecular complexity index is 1280. The largest absolute Gasteiger partial charge is 0.504 e. The van der Waals surface area contributed by atoms with E-state index in [2.05, 4.69) is 10.2 Å². The van der Waals surface area contributed by atoms with Crippen LogP contribution in [-0.2, 0) is 21.4 Å². The Hall–Kier alpha value is -2.97. The second kappa shape index (κ2) is 6.42. The first-order chi connectivity index (χ1) is 17.0. The number of ether oxygens (including phenoxy) is 2. The molecule has 2 fully saturated rings. The number of benzene rings is 1. The van der Waals surface area contributed by atoms with Gasteiger partial charge in [0.15, 0.2) is 23.8 Å². The molecular weight excluding hydrogens is 446 g/mol. The third-order valence-corrected chi connectivity index (χ3v) is 9.63. The number of phenolic OH excluding ortho intramolecular Hbond substituents is 1. The zero-order chi connectivity index (χ0) is 23.7. The van der Waals surface area contributed by atoms with Gasteiger partial charge in [-0.1, -0.05) is 6.07 Å². The fourth-order valence-electron chi connectivity index (χ4n) is 7.96. The fraction of sp³-hybridized carbons (Fsp3) is 0.519. The summed E-state index contributed by atoms with van der Waals surface area (Å²) in [6.45, 7) is 1.86. The number of aromatic hydroxyl groups is 1. The Balaban J connectivity index is 1.36. The second-order valence-corrected chi connectivity index (χ2v) is 11.2. The SMILES string of the molecule is COC1=CC=CN2C3=C(C[C@@]4(O)[C@@H]5Cc6ccc(O)c7c6[C@@]4(CCN5CC4CC4)[C@H]3O7)C(=O)NC12. The van der Waals surface area contributed by atoms with E-state index in [1.54, 1.807) is 13.2 Å². The molecule has 2 bridgehead atoms. The topological polar surface area (TPSA) is 94.5 Å². The number of likely N-dealkylation sites (tertiary alicyclic amines) is 1. The van der Waals surface area contributed by atoms with Crippen LogP contribution in [0.4, 0.5) is 0 Å². The molecule has 8 rings (SSSR count). The third-order valence-electron chi connectivity index (χ3n) is 9.63. The lowest BCUT2D eigenvalue weighted by atomic mass is 9.48. The minimum Gasteiger partial charge on any atom is -0.504 e. The summed E-state index contributed by atoms with van der Waals surface area (Å²) in [5.74, 6) is 1.73. The van der Waals surface area contributed by atoms with Crippen molar-refractivity contribution in [3.8, 4) is 11.5 Å². The lowest BCUT2D eigenvalue weighted by Gasteiger charge is -2.64. The van der Waals surface area contributed by atoms with Crippen molar-refractivity contribution in [2.75, 3.05) is 20.2 Å². The van der Waals surface area contributed by atoms with Crippen molar-refractivity contribution in [2.24, 2.45) is 5.92 Å². The lowest BCUT2D eigenvalue weighted by molar-refractivity contribution is -0.172. The smallest absolute Gasteiger partial charge is 0.251 e. The van der Waals surface area contributed by atoms with Gasteiger partial charge in [-0.2, -0.15) is 0 Å². The molecule has 1 spiro atoms. The molecule has 1 unspecified atom stereocenters. The molecule has 182 valence electrons. The van der Waals surface area contributed by atoms with Crippen LogP contribution in [0.2, 0.25) is 0 Å². The van der Waals surface area contributed by atoms with Gasteiger partial charge in [-0.05, 0) is 61.9 Å². The van der Waals surface area contributed by atoms with E-state index in [0.29, 0.717) is 35.8 Å². The predicted molar refractivity (Wildman–Crippen MR) is 125 cm³/mol. The van der Waals surface area contributed by atoms with Crippen molar-refractivity contribution in [3.63, 3.8) is 0 Å². The van der Waals surface area contributed by atoms with E-state index in [1.807, 2.05) is 29.3 Å². The molecule has 7 aliphatic rings. The van der Waals surface area contributed by atoms with Crippen molar-refractivity contribution in [2.45, 2.75) is 61.4 Å². The number of methoxy groups -OCH3 is 1. The van der Waals surface area contributed by atoms with Crippen molar-refractivity contribution in [1.82, 2.24) is 15.1 Å². The predicted octanol–water partition coefficient (Wildman–Crippen LogP) is 1.64. The normalized spacial score (nSPS) is 38.2. The number of allylic oxidation sites excluding steroid dienone is 2. The van der Waals surface area contributed by atoms with E-state index in [4.69, 9.17) is 9.47 Å². The van der Waals surface area contributed by atoms with Crippen LogP contribution in [0.1, 0.15) is 36.8 Å². The van der Waals surface area contributed by atoms with Crippen LogP contribution in [0, 0.1) is 5.92 Å². The minimum atomic E-state index is -1.17. The molecule has 0 aromatic heterocycles. The van der Waals surface area contributed by atoms with Gasteiger partial charge >= 0.3 is 0 Å². The first-order valence-corrected chi connectivity index (χ1v) is 12.7. The number of nitrogens with zero attached hydrogens (tertiary/aromatic N) is 2. The average Bonchev–Trinajstić information content (AvgIpc) is 3.59. The molecule has 8 heteroatoms. The molecule has 1 saturated carbocycles. The summed E-state index contributed by atoms with van der Waals surface area (Å²) in [4.78, 5) is 18.0. The Morgan fingerprint density at radius 1 is 1.31 bits per heavy atom. The summed E-state index contributed by atoms with van der Waals surface area (Å²) in [6, 6.07) is 3.62. The van der Waals surface area contributed by atoms with Crippen LogP contribution in [0.5, 0.6) is 11.5 Å². The van der Waals surface area contributed by atoms with Gasteiger partial charge in [-0.3, -0.25) is 9.69 Å². The molecule has 5 atom stereocenters. The standard InChI is InChI=1S/C27H29N3O5/c1-34-18-3-2-9-30-21-16(25(32)28-24(18)30)12-27(33)19-11-15-6-7-17(31)22-20(15)26(27,23(21)35-22)8-10-29(19)13-14-4-5-14/h2-3,6-7,9,14,19,23-24,31,33H,4-5,8,10-13H2,1H3,(H,28,32)/t19-,23-,24?,26-,27+/m0/s1. The number of nitrogens with one attached hydrogen (secondary N) is 1. The molecule has 3 N–H and O–H groups in total. The quantitative estimate of drug-likeness (QED) is 0.612. The summed E-state index contributed by atoms with van der Waals surface area (Å²) in [5.41, 5.74) is 1.55. The molecule has 4 heterocycles. The highest BCUT2D eigenvalue weighted by atomic mass is 16.5. The Kier molecular flexibility index (Phi) is 3.71. The van der Waals surface area contributed by atoms with Crippen LogP contribution in [-0.4, -0.2) is 70.0 Å². The van der Waals surface area contributed by atoms with Crippen molar-refractivity contribution in [3.05, 3.63) is 58.6 Å². The Morgan fingerprint density at radius 2 is 2.17 bits per heavy atom. The van der Waals surface area contributed by atoms with Gasteiger partial charge in [0, 0.05) is 36.3 Å². The molecule has 0 radical (unpaired) electrons. The summed E-state index contributed by atoms with van der Waals surface area (Å²) in [5, 5.41) is 26.7. The van der Waals surface area contributed by atoms with E-state index in [0.717, 1.165) is 29.9 Å². The van der Waals surface area contributed by atoms with Gasteiger partial charge in [0.05, 0.1) is 23.8 Å². The number of aliphatic hydroxyl groups is 1. The summed E-state index contributed by atoms with van der Waals surface area (Å²) in [7, 11) is 1.60. The van der Waals surface area contributed by atoms with Crippen LogP contribution in [0.3, 0.4) is 0 Å². The maximum atomic E-state index is 13.5. The maximum Gasteiger partial charge on any atom is 0.251 e. The fourth-order valence-corrected chi connectivity index (χ4v) is 7.96. The summed E-state index contributed by atoms with van der Waals surface area (Å²) in [6.07, 6.45) is 8.84. The van der Waals surface area contributed by atoms with Crippen LogP contribution in [0.25, 0.3) is 0 Å². The lowest BCUT2D eigenvalue weighted by Crippen LogP contribution is -2.77. The summed E-state index contributed by atoms with van der Waals surface area (Å²) >= 11 is 0. The van der Waals surface area contributed by atoms with Gasteiger partial charge in [0.25, 0.3) is 5.91 Å². The number of amides is 1.